The van der Waals surface area contributed by atoms with Crippen molar-refractivity contribution in [1.29, 1.82) is 0 Å². The number of rotatable bonds is 4. The number of hydrogen-bond acceptors (Lipinski definition) is 3. The van der Waals surface area contributed by atoms with Gasteiger partial charge in [-0.1, -0.05) is 23.2 Å². The van der Waals surface area contributed by atoms with Crippen LogP contribution in [0.3, 0.4) is 0 Å². The monoisotopic (exact) mass is 303 g/mol. The van der Waals surface area contributed by atoms with E-state index in [9.17, 15) is 0 Å². The molecule has 0 radical (unpaired) electrons. The van der Waals surface area contributed by atoms with Gasteiger partial charge in [-0.3, -0.25) is 0 Å². The van der Waals surface area contributed by atoms with Gasteiger partial charge in [0, 0.05) is 16.7 Å². The summed E-state index contributed by atoms with van der Waals surface area (Å²) in [5, 5.41) is 5.61. The van der Waals surface area contributed by atoms with E-state index >= 15 is 0 Å². The molecule has 5 heteroatoms. The molecule has 0 spiro atoms. The topological polar surface area (TPSA) is 26.0 Å². The fourth-order valence-electron chi connectivity index (χ4n) is 1.42. The Kier molecular flexibility index (Phi) is 4.77. The summed E-state index contributed by atoms with van der Waals surface area (Å²) in [6.07, 6.45) is 0. The highest BCUT2D eigenvalue weighted by atomic mass is 35.5. The predicted molar refractivity (Wildman–Crippen MR) is 78.4 cm³/mol. The fraction of sp³-hybridized carbons (Fsp3) is 0.167. The number of thiophene rings is 1. The molecule has 2 N–H and O–H groups in total. The van der Waals surface area contributed by atoms with E-state index in [2.05, 4.69) is 16.8 Å². The molecule has 1 heterocycles. The van der Waals surface area contributed by atoms with Crippen LogP contribution in [0.25, 0.3) is 0 Å². The molecule has 1 aromatic carbocycles. The Labute approximate surface area is 119 Å². The molecule has 0 aliphatic rings. The zero-order valence-electron chi connectivity index (χ0n) is 8.90. The molecule has 1 unspecified atom stereocenters. The van der Waals surface area contributed by atoms with E-state index in [-0.39, 0.29) is 5.25 Å². The van der Waals surface area contributed by atoms with Crippen LogP contribution in [0.5, 0.6) is 0 Å². The number of thioether (sulfide) groups is 1. The molecule has 0 saturated carbocycles. The quantitative estimate of drug-likeness (QED) is 0.817. The number of nitrogens with two attached hydrogens (primary N) is 1. The van der Waals surface area contributed by atoms with E-state index in [0.717, 1.165) is 4.90 Å². The van der Waals surface area contributed by atoms with E-state index in [0.29, 0.717) is 16.6 Å². The van der Waals surface area contributed by atoms with E-state index in [1.165, 1.54) is 5.56 Å². The molecule has 1 aromatic heterocycles. The summed E-state index contributed by atoms with van der Waals surface area (Å²) in [5.41, 5.74) is 7.06. The van der Waals surface area contributed by atoms with Gasteiger partial charge in [-0.25, -0.2) is 0 Å². The Balaban J connectivity index is 2.16. The van der Waals surface area contributed by atoms with Crippen molar-refractivity contribution in [3.8, 4) is 0 Å². The molecule has 0 aliphatic carbocycles. The molecular formula is C12H11Cl2NS2. The van der Waals surface area contributed by atoms with E-state index < -0.39 is 0 Å². The average Bonchev–Trinajstić information content (AvgIpc) is 2.84. The maximum atomic E-state index is 5.99. The third-order valence-corrected chi connectivity index (χ3v) is 5.01. The molecule has 90 valence electrons. The first-order chi connectivity index (χ1) is 8.20. The Morgan fingerprint density at radius 3 is 2.65 bits per heavy atom. The van der Waals surface area contributed by atoms with Crippen molar-refractivity contribution in [3.05, 3.63) is 50.6 Å². The van der Waals surface area contributed by atoms with Crippen molar-refractivity contribution in [2.24, 2.45) is 5.73 Å². The van der Waals surface area contributed by atoms with Gasteiger partial charge in [0.1, 0.15) is 0 Å². The Bertz CT molecular complexity index is 485. The van der Waals surface area contributed by atoms with E-state index in [1.807, 2.05) is 18.2 Å². The molecule has 0 aliphatic heterocycles. The fourth-order valence-corrected chi connectivity index (χ4v) is 3.63. The maximum Gasteiger partial charge on any atom is 0.0603 e. The van der Waals surface area contributed by atoms with Crippen LogP contribution in [0.4, 0.5) is 0 Å². The van der Waals surface area contributed by atoms with Crippen LogP contribution in [-0.2, 0) is 0 Å². The van der Waals surface area contributed by atoms with Gasteiger partial charge in [-0.05, 0) is 40.6 Å². The van der Waals surface area contributed by atoms with Gasteiger partial charge in [-0.2, -0.15) is 11.3 Å². The van der Waals surface area contributed by atoms with Crippen molar-refractivity contribution < 1.29 is 0 Å². The van der Waals surface area contributed by atoms with Gasteiger partial charge in [0.05, 0.1) is 10.0 Å². The standard InChI is InChI=1S/C12H11Cl2NS2/c13-10-2-1-9(5-11(10)14)17-12(6-15)8-3-4-16-7-8/h1-5,7,12H,6,15H2. The van der Waals surface area contributed by atoms with Crippen LogP contribution in [0.1, 0.15) is 10.8 Å². The zero-order chi connectivity index (χ0) is 12.3. The second kappa shape index (κ2) is 6.12. The van der Waals surface area contributed by atoms with Gasteiger partial charge >= 0.3 is 0 Å². The highest BCUT2D eigenvalue weighted by Gasteiger charge is 2.12. The van der Waals surface area contributed by atoms with Crippen LogP contribution >= 0.6 is 46.3 Å². The molecule has 1 nitrogen and oxygen atoms in total. The predicted octanol–water partition coefficient (Wildman–Crippen LogP) is 4.85. The lowest BCUT2D eigenvalue weighted by molar-refractivity contribution is 0.946. The lowest BCUT2D eigenvalue weighted by Gasteiger charge is -2.13. The second-order valence-corrected chi connectivity index (χ2v) is 6.35. The molecule has 0 bridgehead atoms. The minimum Gasteiger partial charge on any atom is -0.329 e. The summed E-state index contributed by atoms with van der Waals surface area (Å²) in [7, 11) is 0. The third kappa shape index (κ3) is 3.39. The minimum atomic E-state index is 0.262. The van der Waals surface area contributed by atoms with E-state index in [1.54, 1.807) is 23.1 Å². The normalized spacial score (nSPS) is 12.6. The van der Waals surface area contributed by atoms with Crippen molar-refractivity contribution in [2.75, 3.05) is 6.54 Å². The minimum absolute atomic E-state index is 0.262. The molecule has 2 rings (SSSR count). The molecule has 0 saturated heterocycles. The van der Waals surface area contributed by atoms with Crippen molar-refractivity contribution in [1.82, 2.24) is 0 Å². The Hall–Kier alpha value is -0.190. The lowest BCUT2D eigenvalue weighted by atomic mass is 10.2. The van der Waals surface area contributed by atoms with Gasteiger partial charge in [0.2, 0.25) is 0 Å². The second-order valence-electron chi connectivity index (χ2n) is 3.47. The summed E-state index contributed by atoms with van der Waals surface area (Å²) < 4.78 is 0. The summed E-state index contributed by atoms with van der Waals surface area (Å²) in [6, 6.07) is 7.76. The van der Waals surface area contributed by atoms with E-state index in [4.69, 9.17) is 28.9 Å². The smallest absolute Gasteiger partial charge is 0.0603 e. The van der Waals surface area contributed by atoms with Crippen LogP contribution in [-0.4, -0.2) is 6.54 Å². The highest BCUT2D eigenvalue weighted by molar-refractivity contribution is 7.99. The summed E-state index contributed by atoms with van der Waals surface area (Å²) in [4.78, 5) is 1.08. The number of hydrogen-bond donors (Lipinski definition) is 1. The molecule has 0 amide bonds. The molecule has 2 aromatic rings. The van der Waals surface area contributed by atoms with Crippen molar-refractivity contribution in [2.45, 2.75) is 10.1 Å². The van der Waals surface area contributed by atoms with Gasteiger partial charge in [0.15, 0.2) is 0 Å². The van der Waals surface area contributed by atoms with Gasteiger partial charge < -0.3 is 5.73 Å². The maximum absolute atomic E-state index is 5.99. The van der Waals surface area contributed by atoms with Crippen LogP contribution in [0.15, 0.2) is 39.9 Å². The number of benzene rings is 1. The average molecular weight is 304 g/mol. The van der Waals surface area contributed by atoms with Crippen LogP contribution < -0.4 is 5.73 Å². The Morgan fingerprint density at radius 1 is 1.24 bits per heavy atom. The SMILES string of the molecule is NCC(Sc1ccc(Cl)c(Cl)c1)c1ccsc1. The highest BCUT2D eigenvalue weighted by Crippen LogP contribution is 2.37. The third-order valence-electron chi connectivity index (χ3n) is 2.30. The van der Waals surface area contributed by atoms with Gasteiger partial charge in [0.25, 0.3) is 0 Å². The summed E-state index contributed by atoms with van der Waals surface area (Å²) in [6.45, 7) is 0.599. The first kappa shape index (κ1) is 13.2. The number of halogens is 2. The Morgan fingerprint density at radius 2 is 2.06 bits per heavy atom. The van der Waals surface area contributed by atoms with Crippen molar-refractivity contribution in [3.63, 3.8) is 0 Å². The largest absolute Gasteiger partial charge is 0.329 e. The zero-order valence-corrected chi connectivity index (χ0v) is 12.0. The molecule has 0 fully saturated rings. The lowest BCUT2D eigenvalue weighted by Crippen LogP contribution is -2.08. The first-order valence-electron chi connectivity index (χ1n) is 5.04. The van der Waals surface area contributed by atoms with Crippen molar-refractivity contribution >= 4 is 46.3 Å². The molecular weight excluding hydrogens is 293 g/mol. The van der Waals surface area contributed by atoms with Crippen LogP contribution in [0.2, 0.25) is 10.0 Å². The molecule has 17 heavy (non-hydrogen) atoms. The molecule has 1 atom stereocenters. The summed E-state index contributed by atoms with van der Waals surface area (Å²) in [5.74, 6) is 0. The first-order valence-corrected chi connectivity index (χ1v) is 7.62. The van der Waals surface area contributed by atoms with Gasteiger partial charge in [-0.15, -0.1) is 11.8 Å². The van der Waals surface area contributed by atoms with Crippen LogP contribution in [0, 0.1) is 0 Å². The summed E-state index contributed by atoms with van der Waals surface area (Å²) >= 11 is 15.3.